The molecule has 1 spiro atoms. The van der Waals surface area contributed by atoms with Gasteiger partial charge in [-0.2, -0.15) is 5.26 Å². The van der Waals surface area contributed by atoms with E-state index in [1.807, 2.05) is 0 Å². The van der Waals surface area contributed by atoms with Crippen molar-refractivity contribution in [3.63, 3.8) is 0 Å². The predicted molar refractivity (Wildman–Crippen MR) is 115 cm³/mol. The van der Waals surface area contributed by atoms with Crippen LogP contribution in [0, 0.1) is 17.2 Å². The molecule has 0 bridgehead atoms. The van der Waals surface area contributed by atoms with E-state index >= 15 is 0 Å². The molecule has 0 N–H and O–H groups in total. The first-order chi connectivity index (χ1) is 14.2. The van der Waals surface area contributed by atoms with E-state index in [2.05, 4.69) is 40.2 Å². The van der Waals surface area contributed by atoms with E-state index in [4.69, 9.17) is 21.8 Å². The SMILES string of the molecule is N#CC[C@H]1CCCN(c2nc(Cl)nc3c2CCC2(CCCc4ccccc42)C3)C1. The molecule has 3 aliphatic rings. The fraction of sp³-hybridized carbons (Fsp3) is 0.542. The highest BCUT2D eigenvalue weighted by Crippen LogP contribution is 2.47. The quantitative estimate of drug-likeness (QED) is 0.657. The largest absolute Gasteiger partial charge is 0.356 e. The summed E-state index contributed by atoms with van der Waals surface area (Å²) in [6.45, 7) is 1.90. The summed E-state index contributed by atoms with van der Waals surface area (Å²) in [4.78, 5) is 11.8. The van der Waals surface area contributed by atoms with Gasteiger partial charge in [-0.3, -0.25) is 0 Å². The van der Waals surface area contributed by atoms with Gasteiger partial charge in [0.2, 0.25) is 5.28 Å². The van der Waals surface area contributed by atoms with Gasteiger partial charge < -0.3 is 4.90 Å². The second-order valence-electron chi connectivity index (χ2n) is 9.03. The van der Waals surface area contributed by atoms with E-state index in [-0.39, 0.29) is 5.41 Å². The van der Waals surface area contributed by atoms with Crippen molar-refractivity contribution in [2.24, 2.45) is 5.92 Å². The highest BCUT2D eigenvalue weighted by molar-refractivity contribution is 6.28. The van der Waals surface area contributed by atoms with Crippen molar-refractivity contribution >= 4 is 17.4 Å². The van der Waals surface area contributed by atoms with Crippen LogP contribution in [-0.4, -0.2) is 23.1 Å². The monoisotopic (exact) mass is 406 g/mol. The van der Waals surface area contributed by atoms with E-state index in [0.717, 1.165) is 56.7 Å². The normalized spacial score (nSPS) is 25.9. The average Bonchev–Trinajstić information content (AvgIpc) is 2.74. The second-order valence-corrected chi connectivity index (χ2v) is 9.36. The molecule has 29 heavy (non-hydrogen) atoms. The molecule has 1 fully saturated rings. The van der Waals surface area contributed by atoms with Gasteiger partial charge >= 0.3 is 0 Å². The number of hydrogen-bond acceptors (Lipinski definition) is 4. The number of halogens is 1. The van der Waals surface area contributed by atoms with Crippen LogP contribution < -0.4 is 4.90 Å². The lowest BCUT2D eigenvalue weighted by Crippen LogP contribution is -2.40. The molecule has 1 aromatic carbocycles. The summed E-state index contributed by atoms with van der Waals surface area (Å²) in [5.41, 5.74) is 5.67. The first kappa shape index (κ1) is 18.9. The Kier molecular flexibility index (Phi) is 4.95. The zero-order valence-electron chi connectivity index (χ0n) is 16.8. The lowest BCUT2D eigenvalue weighted by molar-refractivity contribution is 0.312. The van der Waals surface area contributed by atoms with E-state index in [9.17, 15) is 0 Å². The second kappa shape index (κ2) is 7.61. The summed E-state index contributed by atoms with van der Waals surface area (Å²) in [5, 5.41) is 9.48. The molecule has 2 atom stereocenters. The van der Waals surface area contributed by atoms with Crippen molar-refractivity contribution < 1.29 is 0 Å². The molecule has 4 nitrogen and oxygen atoms in total. The van der Waals surface area contributed by atoms with Crippen LogP contribution in [-0.2, 0) is 24.7 Å². The van der Waals surface area contributed by atoms with E-state index in [0.29, 0.717) is 17.6 Å². The van der Waals surface area contributed by atoms with Crippen LogP contribution in [0.4, 0.5) is 5.82 Å². The smallest absolute Gasteiger partial charge is 0.224 e. The third kappa shape index (κ3) is 3.40. The van der Waals surface area contributed by atoms with Gasteiger partial charge in [0.1, 0.15) is 5.82 Å². The van der Waals surface area contributed by atoms with Crippen LogP contribution in [0.25, 0.3) is 0 Å². The first-order valence-electron chi connectivity index (χ1n) is 10.9. The number of nitrogens with zero attached hydrogens (tertiary/aromatic N) is 4. The Hall–Kier alpha value is -2.12. The van der Waals surface area contributed by atoms with Crippen molar-refractivity contribution in [1.29, 1.82) is 5.26 Å². The molecule has 5 heteroatoms. The number of piperidine rings is 1. The third-order valence-corrected chi connectivity index (χ3v) is 7.46. The van der Waals surface area contributed by atoms with Gasteiger partial charge in [-0.05, 0) is 80.0 Å². The fourth-order valence-corrected chi connectivity index (χ4v) is 6.11. The molecule has 2 heterocycles. The van der Waals surface area contributed by atoms with Crippen molar-refractivity contribution in [1.82, 2.24) is 9.97 Å². The minimum Gasteiger partial charge on any atom is -0.356 e. The van der Waals surface area contributed by atoms with Crippen LogP contribution in [0.2, 0.25) is 5.28 Å². The maximum Gasteiger partial charge on any atom is 0.224 e. The lowest BCUT2D eigenvalue weighted by atomic mass is 9.62. The highest BCUT2D eigenvalue weighted by Gasteiger charge is 2.41. The predicted octanol–water partition coefficient (Wildman–Crippen LogP) is 5.02. The van der Waals surface area contributed by atoms with Crippen molar-refractivity contribution in [2.75, 3.05) is 18.0 Å². The maximum atomic E-state index is 9.12. The Morgan fingerprint density at radius 1 is 1.17 bits per heavy atom. The summed E-state index contributed by atoms with van der Waals surface area (Å²) >= 11 is 6.42. The van der Waals surface area contributed by atoms with Gasteiger partial charge in [0.15, 0.2) is 0 Å². The third-order valence-electron chi connectivity index (χ3n) is 7.29. The van der Waals surface area contributed by atoms with Crippen LogP contribution in [0.5, 0.6) is 0 Å². The number of fused-ring (bicyclic) bond motifs is 3. The number of nitriles is 1. The first-order valence-corrected chi connectivity index (χ1v) is 11.3. The summed E-state index contributed by atoms with van der Waals surface area (Å²) in [6.07, 6.45) is 9.66. The fourth-order valence-electron chi connectivity index (χ4n) is 5.93. The van der Waals surface area contributed by atoms with E-state index in [1.165, 1.54) is 36.0 Å². The molecule has 1 aliphatic heterocycles. The molecule has 1 aromatic heterocycles. The number of anilines is 1. The summed E-state index contributed by atoms with van der Waals surface area (Å²) in [5.74, 6) is 1.46. The molecule has 150 valence electrons. The molecule has 0 saturated carbocycles. The average molecular weight is 407 g/mol. The zero-order valence-corrected chi connectivity index (χ0v) is 17.6. The molecule has 2 aliphatic carbocycles. The van der Waals surface area contributed by atoms with Crippen LogP contribution >= 0.6 is 11.6 Å². The lowest BCUT2D eigenvalue weighted by Gasteiger charge is -2.43. The van der Waals surface area contributed by atoms with Gasteiger partial charge in [0, 0.05) is 30.5 Å². The van der Waals surface area contributed by atoms with Crippen molar-refractivity contribution in [3.8, 4) is 6.07 Å². The Morgan fingerprint density at radius 3 is 2.97 bits per heavy atom. The standard InChI is InChI=1S/C24H27ClN4/c25-23-27-21-15-24(11-3-7-18-6-1-2-8-20(18)24)12-9-19(21)22(28-23)29-14-4-5-17(16-29)10-13-26/h1-2,6,8,17H,3-5,7,9-12,14-16H2/t17-,24?/m1/s1. The van der Waals surface area contributed by atoms with Gasteiger partial charge in [-0.1, -0.05) is 24.3 Å². The Morgan fingerprint density at radius 2 is 2.07 bits per heavy atom. The maximum absolute atomic E-state index is 9.12. The van der Waals surface area contributed by atoms with Gasteiger partial charge in [0.05, 0.1) is 11.8 Å². The molecule has 1 saturated heterocycles. The van der Waals surface area contributed by atoms with Crippen LogP contribution in [0.15, 0.2) is 24.3 Å². The Labute approximate surface area is 177 Å². The number of rotatable bonds is 2. The number of aryl methyl sites for hydroxylation is 1. The number of hydrogen-bond donors (Lipinski definition) is 0. The van der Waals surface area contributed by atoms with E-state index < -0.39 is 0 Å². The van der Waals surface area contributed by atoms with Gasteiger partial charge in [-0.25, -0.2) is 9.97 Å². The molecule has 1 unspecified atom stereocenters. The Balaban J connectivity index is 1.50. The van der Waals surface area contributed by atoms with Crippen LogP contribution in [0.1, 0.15) is 60.9 Å². The zero-order chi connectivity index (χ0) is 19.8. The highest BCUT2D eigenvalue weighted by atomic mass is 35.5. The molecule has 2 aromatic rings. The minimum absolute atomic E-state index is 0.196. The molecular formula is C24H27ClN4. The van der Waals surface area contributed by atoms with Gasteiger partial charge in [0.25, 0.3) is 0 Å². The number of benzene rings is 1. The summed E-state index contributed by atoms with van der Waals surface area (Å²) in [7, 11) is 0. The summed E-state index contributed by atoms with van der Waals surface area (Å²) < 4.78 is 0. The molecular weight excluding hydrogens is 380 g/mol. The summed E-state index contributed by atoms with van der Waals surface area (Å²) in [6, 6.07) is 11.3. The molecule has 5 rings (SSSR count). The molecule has 0 amide bonds. The Bertz CT molecular complexity index is 966. The topological polar surface area (TPSA) is 52.8 Å². The number of aromatic nitrogens is 2. The van der Waals surface area contributed by atoms with Crippen molar-refractivity contribution in [2.45, 2.75) is 63.2 Å². The molecule has 0 radical (unpaired) electrons. The van der Waals surface area contributed by atoms with Crippen LogP contribution in [0.3, 0.4) is 0 Å². The minimum atomic E-state index is 0.196. The van der Waals surface area contributed by atoms with Gasteiger partial charge in [-0.15, -0.1) is 0 Å². The van der Waals surface area contributed by atoms with Crippen molar-refractivity contribution in [3.05, 3.63) is 51.9 Å². The van der Waals surface area contributed by atoms with E-state index in [1.54, 1.807) is 0 Å².